The lowest BCUT2D eigenvalue weighted by molar-refractivity contribution is -0.136. The molecule has 3 aromatic heterocycles. The summed E-state index contributed by atoms with van der Waals surface area (Å²) in [6.45, 7) is -0.625. The second kappa shape index (κ2) is 7.98. The average Bonchev–Trinajstić information content (AvgIpc) is 3.38. The summed E-state index contributed by atoms with van der Waals surface area (Å²) in [5.74, 6) is -0.698. The van der Waals surface area contributed by atoms with Gasteiger partial charge in [0.05, 0.1) is 22.2 Å². The first-order valence-corrected chi connectivity index (χ1v) is 10.5. The Morgan fingerprint density at radius 3 is 2.71 bits per heavy atom. The number of benzene rings is 1. The zero-order valence-corrected chi connectivity index (χ0v) is 17.1. The molecule has 1 amide bonds. The van der Waals surface area contributed by atoms with Crippen LogP contribution >= 0.6 is 22.7 Å². The van der Waals surface area contributed by atoms with Crippen molar-refractivity contribution in [3.05, 3.63) is 68.8 Å². The molecule has 4 aromatic rings. The molecular formula is C20H11F3N4O2S2. The number of hydrogen-bond acceptors (Lipinski definition) is 6. The number of amides is 1. The number of carbonyl (C=O) groups is 1. The number of aromatic nitrogens is 2. The fourth-order valence-corrected chi connectivity index (χ4v) is 4.82. The quantitative estimate of drug-likeness (QED) is 0.478. The third kappa shape index (κ3) is 3.95. The van der Waals surface area contributed by atoms with Gasteiger partial charge in [0.25, 0.3) is 5.56 Å². The molecule has 0 bridgehead atoms. The first kappa shape index (κ1) is 20.8. The van der Waals surface area contributed by atoms with E-state index < -0.39 is 29.8 Å². The first-order chi connectivity index (χ1) is 14.8. The number of halogens is 3. The molecule has 1 N–H and O–H groups in total. The predicted molar refractivity (Wildman–Crippen MR) is 112 cm³/mol. The molecule has 0 saturated carbocycles. The number of hydrogen-bond donors (Lipinski definition) is 1. The predicted octanol–water partition coefficient (Wildman–Crippen LogP) is 4.72. The van der Waals surface area contributed by atoms with Crippen molar-refractivity contribution in [1.82, 2.24) is 9.55 Å². The van der Waals surface area contributed by atoms with Crippen LogP contribution in [0.1, 0.15) is 11.1 Å². The highest BCUT2D eigenvalue weighted by atomic mass is 32.1. The van der Waals surface area contributed by atoms with Crippen LogP contribution in [0.5, 0.6) is 0 Å². The van der Waals surface area contributed by atoms with Gasteiger partial charge in [0, 0.05) is 23.0 Å². The highest BCUT2D eigenvalue weighted by molar-refractivity contribution is 7.17. The highest BCUT2D eigenvalue weighted by Gasteiger charge is 2.34. The Bertz CT molecular complexity index is 1380. The van der Waals surface area contributed by atoms with Gasteiger partial charge >= 0.3 is 6.18 Å². The fourth-order valence-electron chi connectivity index (χ4n) is 3.15. The van der Waals surface area contributed by atoms with Gasteiger partial charge in [-0.1, -0.05) is 12.1 Å². The van der Waals surface area contributed by atoms with Crippen LogP contribution < -0.4 is 10.9 Å². The van der Waals surface area contributed by atoms with Crippen molar-refractivity contribution in [2.24, 2.45) is 0 Å². The molecule has 0 fully saturated rings. The molecule has 0 aliphatic carbocycles. The van der Waals surface area contributed by atoms with E-state index in [9.17, 15) is 28.0 Å². The Labute approximate surface area is 180 Å². The molecule has 0 unspecified atom stereocenters. The number of nitrogens with one attached hydrogen (secondary N) is 1. The molecule has 0 saturated heterocycles. The summed E-state index contributed by atoms with van der Waals surface area (Å²) in [4.78, 5) is 29.2. The normalized spacial score (nSPS) is 11.4. The molecule has 6 nitrogen and oxygen atoms in total. The maximum absolute atomic E-state index is 13.5. The molecule has 156 valence electrons. The molecule has 11 heteroatoms. The van der Waals surface area contributed by atoms with Gasteiger partial charge in [0.1, 0.15) is 22.6 Å². The lowest BCUT2D eigenvalue weighted by Crippen LogP contribution is -2.28. The average molecular weight is 460 g/mol. The minimum atomic E-state index is -4.70. The van der Waals surface area contributed by atoms with E-state index in [0.29, 0.717) is 21.1 Å². The standard InChI is InChI=1S/C20H11F3N4O2S2/c21-20(22,23)13-3-1-2-11-4-5-15(29)27(17(11)13)9-14(28)26-19-16(12(8-24)10-31-19)18-25-6-7-30-18/h1-7,10H,9H2,(H,26,28). The van der Waals surface area contributed by atoms with E-state index >= 15 is 0 Å². The van der Waals surface area contributed by atoms with E-state index in [4.69, 9.17) is 0 Å². The molecule has 1 aromatic carbocycles. The zero-order valence-electron chi connectivity index (χ0n) is 15.4. The van der Waals surface area contributed by atoms with E-state index in [1.807, 2.05) is 6.07 Å². The highest BCUT2D eigenvalue weighted by Crippen LogP contribution is 2.38. The van der Waals surface area contributed by atoms with Gasteiger partial charge in [-0.15, -0.1) is 22.7 Å². The Balaban J connectivity index is 1.73. The number of nitrogens with zero attached hydrogens (tertiary/aromatic N) is 3. The van der Waals surface area contributed by atoms with Crippen molar-refractivity contribution in [3.8, 4) is 16.6 Å². The van der Waals surface area contributed by atoms with E-state index in [-0.39, 0.29) is 10.9 Å². The first-order valence-electron chi connectivity index (χ1n) is 8.70. The smallest absolute Gasteiger partial charge is 0.316 e. The van der Waals surface area contributed by atoms with Gasteiger partial charge in [-0.3, -0.25) is 14.2 Å². The van der Waals surface area contributed by atoms with Crippen molar-refractivity contribution >= 4 is 44.5 Å². The molecule has 0 atom stereocenters. The third-order valence-electron chi connectivity index (χ3n) is 4.43. The number of nitriles is 1. The second-order valence-corrected chi connectivity index (χ2v) is 8.12. The van der Waals surface area contributed by atoms with Crippen molar-refractivity contribution in [2.45, 2.75) is 12.7 Å². The Morgan fingerprint density at radius 2 is 2.03 bits per heavy atom. The summed E-state index contributed by atoms with van der Waals surface area (Å²) in [7, 11) is 0. The zero-order chi connectivity index (χ0) is 22.2. The summed E-state index contributed by atoms with van der Waals surface area (Å²) >= 11 is 2.38. The maximum atomic E-state index is 13.5. The van der Waals surface area contributed by atoms with Crippen LogP contribution in [0, 0.1) is 11.3 Å². The van der Waals surface area contributed by atoms with Crippen molar-refractivity contribution in [3.63, 3.8) is 0 Å². The van der Waals surface area contributed by atoms with Gasteiger partial charge in [-0.25, -0.2) is 4.98 Å². The Hall–Kier alpha value is -3.49. The van der Waals surface area contributed by atoms with E-state index in [1.165, 1.54) is 29.5 Å². The molecule has 31 heavy (non-hydrogen) atoms. The number of thiazole rings is 1. The summed E-state index contributed by atoms with van der Waals surface area (Å²) < 4.78 is 41.3. The number of alkyl halides is 3. The number of para-hydroxylation sites is 1. The van der Waals surface area contributed by atoms with Crippen LogP contribution in [-0.2, 0) is 17.5 Å². The van der Waals surface area contributed by atoms with Gasteiger partial charge < -0.3 is 5.32 Å². The number of fused-ring (bicyclic) bond motifs is 1. The lowest BCUT2D eigenvalue weighted by atomic mass is 10.1. The third-order valence-corrected chi connectivity index (χ3v) is 6.11. The summed E-state index contributed by atoms with van der Waals surface area (Å²) in [5.41, 5.74) is -1.33. The summed E-state index contributed by atoms with van der Waals surface area (Å²) in [6.07, 6.45) is -3.14. The van der Waals surface area contributed by atoms with Crippen LogP contribution in [0.3, 0.4) is 0 Å². The number of pyridine rings is 1. The fraction of sp³-hybridized carbons (Fsp3) is 0.100. The van der Waals surface area contributed by atoms with Gasteiger partial charge in [-0.05, 0) is 17.5 Å². The lowest BCUT2D eigenvalue weighted by Gasteiger charge is -2.15. The van der Waals surface area contributed by atoms with E-state index in [1.54, 1.807) is 17.0 Å². The van der Waals surface area contributed by atoms with Crippen molar-refractivity contribution in [1.29, 1.82) is 5.26 Å². The number of thiophene rings is 1. The van der Waals surface area contributed by atoms with Gasteiger partial charge in [0.2, 0.25) is 5.91 Å². The summed E-state index contributed by atoms with van der Waals surface area (Å²) in [5, 5.41) is 16.3. The molecular weight excluding hydrogens is 449 g/mol. The molecule has 0 radical (unpaired) electrons. The van der Waals surface area contributed by atoms with E-state index in [0.717, 1.165) is 28.0 Å². The molecule has 4 rings (SSSR count). The van der Waals surface area contributed by atoms with Gasteiger partial charge in [0.15, 0.2) is 0 Å². The monoisotopic (exact) mass is 460 g/mol. The van der Waals surface area contributed by atoms with Crippen molar-refractivity contribution < 1.29 is 18.0 Å². The Kier molecular flexibility index (Phi) is 5.34. The van der Waals surface area contributed by atoms with Crippen LogP contribution in [-0.4, -0.2) is 15.5 Å². The maximum Gasteiger partial charge on any atom is 0.418 e. The summed E-state index contributed by atoms with van der Waals surface area (Å²) in [6, 6.07) is 8.00. The second-order valence-electron chi connectivity index (χ2n) is 6.35. The van der Waals surface area contributed by atoms with Gasteiger partial charge in [-0.2, -0.15) is 18.4 Å². The number of anilines is 1. The minimum Gasteiger partial charge on any atom is -0.316 e. The number of carbonyl (C=O) groups excluding carboxylic acids is 1. The van der Waals surface area contributed by atoms with Crippen LogP contribution in [0.25, 0.3) is 21.5 Å². The SMILES string of the molecule is N#Cc1csc(NC(=O)Cn2c(=O)ccc3cccc(C(F)(F)F)c32)c1-c1nccs1. The van der Waals surface area contributed by atoms with Crippen LogP contribution in [0.4, 0.5) is 18.2 Å². The topological polar surface area (TPSA) is 87.8 Å². The Morgan fingerprint density at radius 1 is 1.23 bits per heavy atom. The minimum absolute atomic E-state index is 0.189. The molecule has 0 aliphatic rings. The molecule has 0 aliphatic heterocycles. The van der Waals surface area contributed by atoms with Crippen LogP contribution in [0.2, 0.25) is 0 Å². The number of rotatable bonds is 4. The van der Waals surface area contributed by atoms with Crippen molar-refractivity contribution in [2.75, 3.05) is 5.32 Å². The molecule has 3 heterocycles. The molecule has 0 spiro atoms. The van der Waals surface area contributed by atoms with E-state index in [2.05, 4.69) is 10.3 Å². The van der Waals surface area contributed by atoms with Crippen LogP contribution in [0.15, 0.2) is 52.1 Å². The largest absolute Gasteiger partial charge is 0.418 e.